The van der Waals surface area contributed by atoms with Crippen LogP contribution in [0.4, 0.5) is 0 Å². The summed E-state index contributed by atoms with van der Waals surface area (Å²) in [5.41, 5.74) is 1.27. The highest BCUT2D eigenvalue weighted by Gasteiger charge is 2.31. The molecule has 6 heteroatoms. The number of guanidine groups is 1. The minimum Gasteiger partial charge on any atom is -0.355 e. The average Bonchev–Trinajstić information content (AvgIpc) is 2.57. The van der Waals surface area contributed by atoms with Gasteiger partial charge in [0.15, 0.2) is 5.96 Å². The fraction of sp³-hybridized carbons (Fsp3) is 0.562. The number of rotatable bonds is 4. The van der Waals surface area contributed by atoms with Crippen LogP contribution in [0.3, 0.4) is 0 Å². The summed E-state index contributed by atoms with van der Waals surface area (Å²) in [4.78, 5) is 9.47. The Morgan fingerprint density at radius 2 is 1.86 bits per heavy atom. The van der Waals surface area contributed by atoms with E-state index in [9.17, 15) is 0 Å². The van der Waals surface area contributed by atoms with Crippen LogP contribution in [0.1, 0.15) is 5.56 Å². The third kappa shape index (κ3) is 4.57. The van der Waals surface area contributed by atoms with Crippen molar-refractivity contribution in [1.82, 2.24) is 20.4 Å². The lowest BCUT2D eigenvalue weighted by molar-refractivity contribution is 0.0154. The van der Waals surface area contributed by atoms with Gasteiger partial charge in [0.25, 0.3) is 0 Å². The third-order valence-electron chi connectivity index (χ3n) is 4.42. The van der Waals surface area contributed by atoms with Crippen LogP contribution < -0.4 is 10.6 Å². The minimum atomic E-state index is 0. The quantitative estimate of drug-likeness (QED) is 0.437. The maximum Gasteiger partial charge on any atom is 0.191 e. The van der Waals surface area contributed by atoms with Crippen molar-refractivity contribution in [2.75, 3.05) is 46.3 Å². The van der Waals surface area contributed by atoms with Gasteiger partial charge in [-0.2, -0.15) is 0 Å². The van der Waals surface area contributed by atoms with E-state index >= 15 is 0 Å². The second-order valence-corrected chi connectivity index (χ2v) is 5.78. The fourth-order valence-corrected chi connectivity index (χ4v) is 3.13. The molecule has 2 N–H and O–H groups in total. The summed E-state index contributed by atoms with van der Waals surface area (Å²) in [6, 6.07) is 11.0. The second-order valence-electron chi connectivity index (χ2n) is 5.78. The molecule has 0 spiro atoms. The number of piperazine rings is 3. The average molecular weight is 415 g/mol. The van der Waals surface area contributed by atoms with Gasteiger partial charge >= 0.3 is 0 Å². The van der Waals surface area contributed by atoms with Crippen LogP contribution in [0.5, 0.6) is 0 Å². The van der Waals surface area contributed by atoms with Gasteiger partial charge in [0.05, 0.1) is 0 Å². The zero-order valence-electron chi connectivity index (χ0n) is 13.2. The Morgan fingerprint density at radius 3 is 2.45 bits per heavy atom. The van der Waals surface area contributed by atoms with Gasteiger partial charge < -0.3 is 10.6 Å². The Hall–Kier alpha value is -0.860. The highest BCUT2D eigenvalue weighted by Crippen LogP contribution is 2.14. The molecule has 0 radical (unpaired) electrons. The number of nitrogens with zero attached hydrogens (tertiary/aromatic N) is 3. The van der Waals surface area contributed by atoms with Crippen molar-refractivity contribution in [3.8, 4) is 0 Å². The number of benzene rings is 1. The van der Waals surface area contributed by atoms with Crippen LogP contribution in [-0.4, -0.2) is 68.1 Å². The van der Waals surface area contributed by atoms with E-state index in [1.807, 2.05) is 13.1 Å². The van der Waals surface area contributed by atoms with Gasteiger partial charge in [-0.1, -0.05) is 30.3 Å². The molecule has 4 rings (SSSR count). The van der Waals surface area contributed by atoms with Gasteiger partial charge in [-0.3, -0.25) is 14.8 Å². The smallest absolute Gasteiger partial charge is 0.191 e. The second kappa shape index (κ2) is 8.69. The van der Waals surface area contributed by atoms with E-state index in [2.05, 4.69) is 49.7 Å². The van der Waals surface area contributed by atoms with E-state index < -0.39 is 0 Å². The fourth-order valence-electron chi connectivity index (χ4n) is 3.13. The van der Waals surface area contributed by atoms with Gasteiger partial charge in [-0.15, -0.1) is 24.0 Å². The molecule has 5 nitrogen and oxygen atoms in total. The van der Waals surface area contributed by atoms with Crippen LogP contribution in [0.25, 0.3) is 0 Å². The van der Waals surface area contributed by atoms with Gasteiger partial charge in [0.1, 0.15) is 0 Å². The van der Waals surface area contributed by atoms with Crippen molar-refractivity contribution in [3.63, 3.8) is 0 Å². The first-order valence-electron chi connectivity index (χ1n) is 7.80. The highest BCUT2D eigenvalue weighted by atomic mass is 127. The zero-order valence-corrected chi connectivity index (χ0v) is 15.5. The van der Waals surface area contributed by atoms with Crippen LogP contribution >= 0.6 is 24.0 Å². The Balaban J connectivity index is 0.00000176. The predicted molar refractivity (Wildman–Crippen MR) is 102 cm³/mol. The van der Waals surface area contributed by atoms with E-state index in [1.165, 1.54) is 38.3 Å². The van der Waals surface area contributed by atoms with Crippen molar-refractivity contribution < 1.29 is 0 Å². The van der Waals surface area contributed by atoms with Crippen molar-refractivity contribution in [1.29, 1.82) is 0 Å². The summed E-state index contributed by atoms with van der Waals surface area (Å²) < 4.78 is 0. The molecule has 1 unspecified atom stereocenters. The number of fused-ring (bicyclic) bond motifs is 3. The van der Waals surface area contributed by atoms with Crippen molar-refractivity contribution in [3.05, 3.63) is 35.9 Å². The standard InChI is InChI=1S/C16H25N5.HI/c1-17-16(18-11-14-5-3-2-4-6-14)19-12-15-13-20-7-9-21(15)10-8-20;/h2-6,15H,7-13H2,1H3,(H2,17,18,19);1H. The minimum absolute atomic E-state index is 0. The SMILES string of the molecule is CN=C(NCc1ccccc1)NCC1CN2CCN1CC2.I. The van der Waals surface area contributed by atoms with Crippen molar-refractivity contribution in [2.24, 2.45) is 4.99 Å². The van der Waals surface area contributed by atoms with Gasteiger partial charge in [0.2, 0.25) is 0 Å². The van der Waals surface area contributed by atoms with Crippen LogP contribution in [0, 0.1) is 0 Å². The lowest BCUT2D eigenvalue weighted by atomic mass is 10.1. The maximum absolute atomic E-state index is 4.31. The molecule has 3 aliphatic rings. The molecule has 2 bridgehead atoms. The first-order valence-corrected chi connectivity index (χ1v) is 7.80. The number of nitrogens with one attached hydrogen (secondary N) is 2. The Labute approximate surface area is 150 Å². The van der Waals surface area contributed by atoms with Crippen LogP contribution in [0.2, 0.25) is 0 Å². The molecular formula is C16H26IN5. The first-order chi connectivity index (χ1) is 10.3. The molecule has 3 aliphatic heterocycles. The predicted octanol–water partition coefficient (Wildman–Crippen LogP) is 0.969. The van der Waals surface area contributed by atoms with Crippen LogP contribution in [0.15, 0.2) is 35.3 Å². The molecule has 1 aromatic carbocycles. The number of aliphatic imine (C=N–C) groups is 1. The number of hydrogen-bond donors (Lipinski definition) is 2. The van der Waals surface area contributed by atoms with Gasteiger partial charge in [-0.05, 0) is 5.56 Å². The molecule has 0 aliphatic carbocycles. The molecule has 22 heavy (non-hydrogen) atoms. The van der Waals surface area contributed by atoms with Crippen molar-refractivity contribution in [2.45, 2.75) is 12.6 Å². The zero-order chi connectivity index (χ0) is 14.5. The summed E-state index contributed by atoms with van der Waals surface area (Å²) in [5.74, 6) is 0.886. The highest BCUT2D eigenvalue weighted by molar-refractivity contribution is 14.0. The lowest BCUT2D eigenvalue weighted by Gasteiger charge is -2.47. The van der Waals surface area contributed by atoms with E-state index in [-0.39, 0.29) is 24.0 Å². The lowest BCUT2D eigenvalue weighted by Crippen LogP contribution is -2.63. The van der Waals surface area contributed by atoms with E-state index in [0.717, 1.165) is 19.0 Å². The van der Waals surface area contributed by atoms with E-state index in [0.29, 0.717) is 6.04 Å². The van der Waals surface area contributed by atoms with Crippen LogP contribution in [-0.2, 0) is 6.54 Å². The summed E-state index contributed by atoms with van der Waals surface area (Å²) in [6.45, 7) is 7.84. The summed E-state index contributed by atoms with van der Waals surface area (Å²) >= 11 is 0. The molecular weight excluding hydrogens is 389 g/mol. The summed E-state index contributed by atoms with van der Waals surface area (Å²) in [6.07, 6.45) is 0. The topological polar surface area (TPSA) is 42.9 Å². The Bertz CT molecular complexity index is 471. The molecule has 1 aromatic rings. The van der Waals surface area contributed by atoms with Gasteiger partial charge in [-0.25, -0.2) is 0 Å². The maximum atomic E-state index is 4.31. The third-order valence-corrected chi connectivity index (χ3v) is 4.42. The van der Waals surface area contributed by atoms with Crippen molar-refractivity contribution >= 4 is 29.9 Å². The monoisotopic (exact) mass is 415 g/mol. The molecule has 1 atom stereocenters. The molecule has 0 aromatic heterocycles. The molecule has 122 valence electrons. The number of halogens is 1. The number of hydrogen-bond acceptors (Lipinski definition) is 3. The summed E-state index contributed by atoms with van der Waals surface area (Å²) in [5, 5.41) is 6.84. The Morgan fingerprint density at radius 1 is 1.14 bits per heavy atom. The molecule has 3 saturated heterocycles. The first kappa shape index (κ1) is 17.5. The molecule has 3 heterocycles. The normalized spacial score (nSPS) is 27.1. The Kier molecular flexibility index (Phi) is 6.91. The molecule has 3 fully saturated rings. The summed E-state index contributed by atoms with van der Waals surface area (Å²) in [7, 11) is 1.83. The largest absolute Gasteiger partial charge is 0.355 e. The van der Waals surface area contributed by atoms with E-state index in [1.54, 1.807) is 0 Å². The van der Waals surface area contributed by atoms with Gasteiger partial charge in [0, 0.05) is 58.9 Å². The molecule has 0 amide bonds. The van der Waals surface area contributed by atoms with E-state index in [4.69, 9.17) is 0 Å². The molecule has 0 saturated carbocycles.